The number of methoxy groups -OCH3 is 2. The largest absolute Gasteiger partial charge is 0.497 e. The molecule has 158 valence electrons. The number of fused-ring (bicyclic) bond motifs is 1. The number of nitrogens with zero attached hydrogens (tertiary/aromatic N) is 3. The number of aromatic nitrogens is 3. The Morgan fingerprint density at radius 2 is 2.00 bits per heavy atom. The van der Waals surface area contributed by atoms with Crippen molar-refractivity contribution in [2.45, 2.75) is 20.4 Å². The number of esters is 1. The smallest absolute Gasteiger partial charge is 0.361 e. The van der Waals surface area contributed by atoms with Crippen LogP contribution >= 0.6 is 0 Å². The molecule has 0 saturated heterocycles. The standard InChI is InChI=1S/C19H20N4O7/c1-5-29-19(26)16-15-17(30-22-16)20-10(2)23(18(15)25)9-14(24)21-12-8-11(27-3)6-7-13(12)28-4/h6-8H,5,9H2,1-4H3,(H,21,24). The molecule has 0 aliphatic heterocycles. The normalized spacial score (nSPS) is 10.7. The fourth-order valence-corrected chi connectivity index (χ4v) is 2.81. The molecule has 0 atom stereocenters. The van der Waals surface area contributed by atoms with Gasteiger partial charge >= 0.3 is 5.97 Å². The van der Waals surface area contributed by atoms with Gasteiger partial charge in [0.2, 0.25) is 11.6 Å². The van der Waals surface area contributed by atoms with Gasteiger partial charge in [0.15, 0.2) is 0 Å². The lowest BCUT2D eigenvalue weighted by atomic mass is 10.2. The Hall–Kier alpha value is -3.89. The molecule has 0 fully saturated rings. The van der Waals surface area contributed by atoms with E-state index in [9.17, 15) is 14.4 Å². The quantitative estimate of drug-likeness (QED) is 0.569. The molecular formula is C19H20N4O7. The minimum atomic E-state index is -0.809. The molecule has 1 N–H and O–H groups in total. The molecule has 2 heterocycles. The maximum atomic E-state index is 12.9. The summed E-state index contributed by atoms with van der Waals surface area (Å²) in [5, 5.41) is 6.12. The first-order valence-corrected chi connectivity index (χ1v) is 8.95. The number of hydrogen-bond acceptors (Lipinski definition) is 9. The molecule has 3 rings (SSSR count). The second kappa shape index (κ2) is 8.64. The van der Waals surface area contributed by atoms with Crippen LogP contribution in [0.15, 0.2) is 27.5 Å². The number of ether oxygens (including phenoxy) is 3. The Morgan fingerprint density at radius 3 is 2.67 bits per heavy atom. The van der Waals surface area contributed by atoms with Crippen molar-refractivity contribution >= 4 is 28.7 Å². The Balaban J connectivity index is 1.94. The average Bonchev–Trinajstić information content (AvgIpc) is 3.15. The summed E-state index contributed by atoms with van der Waals surface area (Å²) in [5.41, 5.74) is -0.659. The van der Waals surface area contributed by atoms with Gasteiger partial charge in [0.1, 0.15) is 29.3 Å². The van der Waals surface area contributed by atoms with Gasteiger partial charge in [-0.1, -0.05) is 5.16 Å². The van der Waals surface area contributed by atoms with E-state index in [1.165, 1.54) is 21.1 Å². The van der Waals surface area contributed by atoms with E-state index in [4.69, 9.17) is 18.7 Å². The van der Waals surface area contributed by atoms with Crippen LogP contribution in [0.5, 0.6) is 11.5 Å². The van der Waals surface area contributed by atoms with E-state index in [-0.39, 0.29) is 35.8 Å². The highest BCUT2D eigenvalue weighted by Gasteiger charge is 2.24. The molecule has 0 aliphatic rings. The summed E-state index contributed by atoms with van der Waals surface area (Å²) in [6.45, 7) is 2.90. The molecule has 0 aliphatic carbocycles. The number of amides is 1. The summed E-state index contributed by atoms with van der Waals surface area (Å²) in [5.74, 6) is -0.165. The highest BCUT2D eigenvalue weighted by molar-refractivity contribution is 6.00. The number of hydrogen-bond donors (Lipinski definition) is 1. The Morgan fingerprint density at radius 1 is 1.23 bits per heavy atom. The number of anilines is 1. The van der Waals surface area contributed by atoms with E-state index in [1.54, 1.807) is 25.1 Å². The van der Waals surface area contributed by atoms with Gasteiger partial charge < -0.3 is 24.1 Å². The molecule has 1 amide bonds. The van der Waals surface area contributed by atoms with Crippen LogP contribution in [-0.2, 0) is 16.1 Å². The van der Waals surface area contributed by atoms with Gasteiger partial charge in [-0.05, 0) is 26.0 Å². The van der Waals surface area contributed by atoms with E-state index in [0.717, 1.165) is 4.57 Å². The molecule has 0 bridgehead atoms. The van der Waals surface area contributed by atoms with Crippen molar-refractivity contribution in [2.24, 2.45) is 0 Å². The number of carbonyl (C=O) groups is 2. The second-order valence-electron chi connectivity index (χ2n) is 6.10. The van der Waals surface area contributed by atoms with Gasteiger partial charge in [-0.25, -0.2) is 4.79 Å². The van der Waals surface area contributed by atoms with E-state index in [0.29, 0.717) is 17.2 Å². The van der Waals surface area contributed by atoms with Crippen molar-refractivity contribution < 1.29 is 28.3 Å². The van der Waals surface area contributed by atoms with Crippen molar-refractivity contribution in [1.29, 1.82) is 0 Å². The van der Waals surface area contributed by atoms with Crippen LogP contribution in [0, 0.1) is 6.92 Å². The SMILES string of the molecule is CCOC(=O)c1noc2nc(C)n(CC(=O)Nc3cc(OC)ccc3OC)c(=O)c12. The minimum absolute atomic E-state index is 0.103. The van der Waals surface area contributed by atoms with E-state index >= 15 is 0 Å². The van der Waals surface area contributed by atoms with Crippen molar-refractivity contribution in [1.82, 2.24) is 14.7 Å². The number of nitrogens with one attached hydrogen (secondary N) is 1. The summed E-state index contributed by atoms with van der Waals surface area (Å²) in [4.78, 5) is 41.7. The summed E-state index contributed by atoms with van der Waals surface area (Å²) in [7, 11) is 2.96. The molecule has 2 aromatic heterocycles. The highest BCUT2D eigenvalue weighted by Crippen LogP contribution is 2.28. The summed E-state index contributed by atoms with van der Waals surface area (Å²) in [6.07, 6.45) is 0. The zero-order valence-electron chi connectivity index (χ0n) is 16.8. The highest BCUT2D eigenvalue weighted by atomic mass is 16.5. The predicted octanol–water partition coefficient (Wildman–Crippen LogP) is 1.53. The molecular weight excluding hydrogens is 396 g/mol. The van der Waals surface area contributed by atoms with Gasteiger partial charge in [0, 0.05) is 6.07 Å². The lowest BCUT2D eigenvalue weighted by Crippen LogP contribution is -2.30. The molecule has 11 heteroatoms. The van der Waals surface area contributed by atoms with Crippen LogP contribution in [0.25, 0.3) is 11.1 Å². The van der Waals surface area contributed by atoms with Crippen molar-refractivity contribution in [3.63, 3.8) is 0 Å². The van der Waals surface area contributed by atoms with E-state index < -0.39 is 17.4 Å². The van der Waals surface area contributed by atoms with E-state index in [1.807, 2.05) is 0 Å². The maximum Gasteiger partial charge on any atom is 0.361 e. The third-order valence-corrected chi connectivity index (χ3v) is 4.24. The van der Waals surface area contributed by atoms with Crippen LogP contribution in [0.4, 0.5) is 5.69 Å². The zero-order chi connectivity index (χ0) is 21.8. The first-order valence-electron chi connectivity index (χ1n) is 8.95. The Labute approximate surface area is 170 Å². The van der Waals surface area contributed by atoms with E-state index in [2.05, 4.69) is 15.5 Å². The number of benzene rings is 1. The van der Waals surface area contributed by atoms with Gasteiger partial charge in [0.25, 0.3) is 11.3 Å². The Bertz CT molecular complexity index is 1170. The number of aryl methyl sites for hydroxylation is 1. The fraction of sp³-hybridized carbons (Fsp3) is 0.316. The monoisotopic (exact) mass is 416 g/mol. The van der Waals surface area contributed by atoms with Gasteiger partial charge in [-0.2, -0.15) is 4.98 Å². The van der Waals surface area contributed by atoms with Gasteiger partial charge in [0.05, 0.1) is 26.5 Å². The predicted molar refractivity (Wildman–Crippen MR) is 105 cm³/mol. The number of carbonyl (C=O) groups excluding carboxylic acids is 2. The van der Waals surface area contributed by atoms with Crippen molar-refractivity contribution in [3.05, 3.63) is 40.1 Å². The second-order valence-corrected chi connectivity index (χ2v) is 6.10. The number of rotatable bonds is 7. The first kappa shape index (κ1) is 20.8. The molecule has 0 radical (unpaired) electrons. The third-order valence-electron chi connectivity index (χ3n) is 4.24. The molecule has 1 aromatic carbocycles. The lowest BCUT2D eigenvalue weighted by Gasteiger charge is -2.13. The van der Waals surface area contributed by atoms with Crippen LogP contribution < -0.4 is 20.3 Å². The van der Waals surface area contributed by atoms with Crippen LogP contribution in [-0.4, -0.2) is 47.4 Å². The minimum Gasteiger partial charge on any atom is -0.497 e. The zero-order valence-corrected chi connectivity index (χ0v) is 16.8. The summed E-state index contributed by atoms with van der Waals surface area (Å²) < 4.78 is 21.4. The van der Waals surface area contributed by atoms with Crippen LogP contribution in [0.2, 0.25) is 0 Å². The molecule has 0 spiro atoms. The molecule has 0 unspecified atom stereocenters. The van der Waals surface area contributed by atoms with Gasteiger partial charge in [-0.3, -0.25) is 14.2 Å². The molecule has 30 heavy (non-hydrogen) atoms. The van der Waals surface area contributed by atoms with Crippen LogP contribution in [0.1, 0.15) is 23.2 Å². The van der Waals surface area contributed by atoms with Gasteiger partial charge in [-0.15, -0.1) is 0 Å². The van der Waals surface area contributed by atoms with Crippen molar-refractivity contribution in [3.8, 4) is 11.5 Å². The fourth-order valence-electron chi connectivity index (χ4n) is 2.81. The molecule has 11 nitrogen and oxygen atoms in total. The first-order chi connectivity index (χ1) is 14.4. The lowest BCUT2D eigenvalue weighted by molar-refractivity contribution is -0.116. The molecule has 3 aromatic rings. The third kappa shape index (κ3) is 3.95. The Kier molecular flexibility index (Phi) is 6.00. The summed E-state index contributed by atoms with van der Waals surface area (Å²) >= 11 is 0. The average molecular weight is 416 g/mol. The maximum absolute atomic E-state index is 12.9. The topological polar surface area (TPSA) is 135 Å². The van der Waals surface area contributed by atoms with Crippen molar-refractivity contribution in [2.75, 3.05) is 26.1 Å². The van der Waals surface area contributed by atoms with Crippen LogP contribution in [0.3, 0.4) is 0 Å². The molecule has 0 saturated carbocycles. The summed E-state index contributed by atoms with van der Waals surface area (Å²) in [6, 6.07) is 4.92.